The number of aromatic hydroxyl groups is 1. The largest absolute Gasteiger partial charge is 0.505 e. The van der Waals surface area contributed by atoms with Crippen LogP contribution in [0.1, 0.15) is 22.9 Å². The molecule has 0 saturated carbocycles. The Kier molecular flexibility index (Phi) is 4.74. The van der Waals surface area contributed by atoms with Crippen molar-refractivity contribution in [3.63, 3.8) is 0 Å². The van der Waals surface area contributed by atoms with Gasteiger partial charge in [0.25, 0.3) is 5.69 Å². The number of aromatic nitrogens is 3. The van der Waals surface area contributed by atoms with Crippen molar-refractivity contribution in [1.82, 2.24) is 15.0 Å². The summed E-state index contributed by atoms with van der Waals surface area (Å²) in [4.78, 5) is 23.4. The first kappa shape index (κ1) is 18.3. The number of rotatable bonds is 5. The van der Waals surface area contributed by atoms with Crippen molar-refractivity contribution in [3.05, 3.63) is 93.9 Å². The number of nitrogens with zero attached hydrogens (tertiary/aromatic N) is 4. The van der Waals surface area contributed by atoms with Crippen molar-refractivity contribution in [2.24, 2.45) is 0 Å². The van der Waals surface area contributed by atoms with Crippen molar-refractivity contribution in [1.29, 1.82) is 0 Å². The Balaban J connectivity index is 1.83. The summed E-state index contributed by atoms with van der Waals surface area (Å²) in [6.07, 6.45) is 3.25. The lowest BCUT2D eigenvalue weighted by molar-refractivity contribution is -0.384. The van der Waals surface area contributed by atoms with Crippen LogP contribution >= 0.6 is 0 Å². The molecule has 2 N–H and O–H groups in total. The summed E-state index contributed by atoms with van der Waals surface area (Å²) in [7, 11) is 0. The highest BCUT2D eigenvalue weighted by atomic mass is 16.6. The lowest BCUT2D eigenvalue weighted by Gasteiger charge is -2.21. The SMILES string of the molecule is Cc1ccnc(NC(c2ccc([N+](=O)[O-])cc2)c2ccc3cccnc3c2O)n1. The number of fused-ring (bicyclic) bond motifs is 1. The fourth-order valence-electron chi connectivity index (χ4n) is 3.15. The fraction of sp³-hybridized carbons (Fsp3) is 0.0952. The van der Waals surface area contributed by atoms with Gasteiger partial charge in [0, 0.05) is 41.2 Å². The highest BCUT2D eigenvalue weighted by Gasteiger charge is 2.21. The summed E-state index contributed by atoms with van der Waals surface area (Å²) in [5.74, 6) is 0.417. The summed E-state index contributed by atoms with van der Waals surface area (Å²) in [6.45, 7) is 1.85. The van der Waals surface area contributed by atoms with Gasteiger partial charge >= 0.3 is 0 Å². The minimum atomic E-state index is -0.538. The van der Waals surface area contributed by atoms with Gasteiger partial charge in [-0.1, -0.05) is 18.2 Å². The second kappa shape index (κ2) is 7.51. The molecule has 4 aromatic rings. The summed E-state index contributed by atoms with van der Waals surface area (Å²) >= 11 is 0. The van der Waals surface area contributed by atoms with Crippen LogP contribution in [0.15, 0.2) is 67.0 Å². The fourth-order valence-corrected chi connectivity index (χ4v) is 3.15. The Labute approximate surface area is 166 Å². The lowest BCUT2D eigenvalue weighted by atomic mass is 9.96. The van der Waals surface area contributed by atoms with E-state index in [0.29, 0.717) is 22.6 Å². The quantitative estimate of drug-likeness (QED) is 0.390. The second-order valence-electron chi connectivity index (χ2n) is 6.53. The van der Waals surface area contributed by atoms with Crippen molar-refractivity contribution >= 4 is 22.5 Å². The molecule has 0 aliphatic heterocycles. The molecule has 0 spiro atoms. The van der Waals surface area contributed by atoms with E-state index in [9.17, 15) is 15.2 Å². The first-order valence-corrected chi connectivity index (χ1v) is 8.90. The molecule has 1 atom stereocenters. The van der Waals surface area contributed by atoms with Gasteiger partial charge in [0.05, 0.1) is 11.0 Å². The number of benzene rings is 2. The molecule has 4 rings (SSSR count). The highest BCUT2D eigenvalue weighted by Crippen LogP contribution is 2.36. The van der Waals surface area contributed by atoms with E-state index in [0.717, 1.165) is 11.1 Å². The van der Waals surface area contributed by atoms with Crippen LogP contribution in [-0.4, -0.2) is 25.0 Å². The third kappa shape index (κ3) is 3.68. The molecule has 0 bridgehead atoms. The number of aryl methyl sites for hydroxylation is 1. The first-order chi connectivity index (χ1) is 14.0. The Morgan fingerprint density at radius 1 is 1.03 bits per heavy atom. The number of nitro benzene ring substituents is 1. The molecule has 0 aliphatic carbocycles. The Bertz CT molecular complexity index is 1190. The molecule has 0 aliphatic rings. The van der Waals surface area contributed by atoms with E-state index in [2.05, 4.69) is 20.3 Å². The maximum atomic E-state index is 11.0. The van der Waals surface area contributed by atoms with Crippen LogP contribution in [0.25, 0.3) is 10.9 Å². The van der Waals surface area contributed by atoms with Crippen molar-refractivity contribution in [2.45, 2.75) is 13.0 Å². The van der Waals surface area contributed by atoms with Crippen LogP contribution in [0.2, 0.25) is 0 Å². The molecule has 144 valence electrons. The zero-order valence-corrected chi connectivity index (χ0v) is 15.5. The number of hydrogen-bond acceptors (Lipinski definition) is 7. The van der Waals surface area contributed by atoms with Crippen molar-refractivity contribution < 1.29 is 10.0 Å². The average molecular weight is 387 g/mol. The topological polar surface area (TPSA) is 114 Å². The van der Waals surface area contributed by atoms with Gasteiger partial charge in [-0.15, -0.1) is 0 Å². The van der Waals surface area contributed by atoms with E-state index in [1.807, 2.05) is 19.1 Å². The van der Waals surface area contributed by atoms with E-state index >= 15 is 0 Å². The molecule has 0 fully saturated rings. The summed E-state index contributed by atoms with van der Waals surface area (Å²) in [6, 6.07) is 14.7. The number of phenolic OH excluding ortho intramolecular Hbond substituents is 1. The van der Waals surface area contributed by atoms with Crippen LogP contribution in [-0.2, 0) is 0 Å². The summed E-state index contributed by atoms with van der Waals surface area (Å²) in [5.41, 5.74) is 2.53. The van der Waals surface area contributed by atoms with Crippen LogP contribution < -0.4 is 5.32 Å². The number of non-ortho nitro benzene ring substituents is 1. The van der Waals surface area contributed by atoms with Gasteiger partial charge in [-0.2, -0.15) is 0 Å². The summed E-state index contributed by atoms with van der Waals surface area (Å²) < 4.78 is 0. The zero-order chi connectivity index (χ0) is 20.4. The molecule has 2 aromatic heterocycles. The third-order valence-electron chi connectivity index (χ3n) is 4.60. The van der Waals surface area contributed by atoms with Gasteiger partial charge in [-0.05, 0) is 36.8 Å². The first-order valence-electron chi connectivity index (χ1n) is 8.90. The van der Waals surface area contributed by atoms with Gasteiger partial charge in [-0.3, -0.25) is 15.1 Å². The van der Waals surface area contributed by atoms with Crippen LogP contribution in [0.3, 0.4) is 0 Å². The normalized spacial score (nSPS) is 11.9. The molecule has 8 heteroatoms. The molecule has 2 heterocycles. The van der Waals surface area contributed by atoms with Crippen LogP contribution in [0.4, 0.5) is 11.6 Å². The van der Waals surface area contributed by atoms with Crippen molar-refractivity contribution in [3.8, 4) is 5.75 Å². The van der Waals surface area contributed by atoms with Gasteiger partial charge in [0.15, 0.2) is 0 Å². The molecule has 2 aromatic carbocycles. The van der Waals surface area contributed by atoms with Gasteiger partial charge in [0.1, 0.15) is 11.3 Å². The second-order valence-corrected chi connectivity index (χ2v) is 6.53. The van der Waals surface area contributed by atoms with Crippen LogP contribution in [0.5, 0.6) is 5.75 Å². The minimum Gasteiger partial charge on any atom is -0.505 e. The monoisotopic (exact) mass is 387 g/mol. The Hall–Kier alpha value is -4.07. The summed E-state index contributed by atoms with van der Waals surface area (Å²) in [5, 5.41) is 25.9. The van der Waals surface area contributed by atoms with Gasteiger partial charge in [-0.25, -0.2) is 9.97 Å². The zero-order valence-electron chi connectivity index (χ0n) is 15.5. The highest BCUT2D eigenvalue weighted by molar-refractivity contribution is 5.86. The van der Waals surface area contributed by atoms with E-state index < -0.39 is 11.0 Å². The molecule has 0 radical (unpaired) electrons. The molecule has 29 heavy (non-hydrogen) atoms. The molecule has 0 saturated heterocycles. The number of anilines is 1. The smallest absolute Gasteiger partial charge is 0.269 e. The van der Waals surface area contributed by atoms with Gasteiger partial charge in [0.2, 0.25) is 5.95 Å². The van der Waals surface area contributed by atoms with E-state index in [-0.39, 0.29) is 11.4 Å². The minimum absolute atomic E-state index is 0.0105. The van der Waals surface area contributed by atoms with Crippen LogP contribution in [0, 0.1) is 17.0 Å². The predicted molar refractivity (Wildman–Crippen MR) is 109 cm³/mol. The lowest BCUT2D eigenvalue weighted by Crippen LogP contribution is -2.15. The molecular weight excluding hydrogens is 370 g/mol. The maximum absolute atomic E-state index is 11.0. The number of nitro groups is 1. The molecular formula is C21H17N5O3. The maximum Gasteiger partial charge on any atom is 0.269 e. The standard InChI is InChI=1S/C21H17N5O3/c1-13-10-12-23-21(24-13)25-18(15-4-7-16(8-5-15)26(28)29)17-9-6-14-3-2-11-22-19(14)20(17)27/h2-12,18,27H,1H3,(H,23,24,25). The van der Waals surface area contributed by atoms with E-state index in [1.165, 1.54) is 12.1 Å². The molecule has 1 unspecified atom stereocenters. The molecule has 0 amide bonds. The number of pyridine rings is 1. The Morgan fingerprint density at radius 3 is 2.55 bits per heavy atom. The van der Waals surface area contributed by atoms with Gasteiger partial charge < -0.3 is 10.4 Å². The van der Waals surface area contributed by atoms with E-state index in [4.69, 9.17) is 0 Å². The Morgan fingerprint density at radius 2 is 1.83 bits per heavy atom. The van der Waals surface area contributed by atoms with Crippen molar-refractivity contribution in [2.75, 3.05) is 5.32 Å². The number of hydrogen-bond donors (Lipinski definition) is 2. The third-order valence-corrected chi connectivity index (χ3v) is 4.60. The molecule has 8 nitrogen and oxygen atoms in total. The number of nitrogens with one attached hydrogen (secondary N) is 1. The van der Waals surface area contributed by atoms with E-state index in [1.54, 1.807) is 42.7 Å². The number of phenols is 1. The predicted octanol–water partition coefficient (Wildman–Crippen LogP) is 4.15. The average Bonchev–Trinajstić information content (AvgIpc) is 2.73.